The molecule has 3 rings (SSSR count). The van der Waals surface area contributed by atoms with Crippen LogP contribution < -0.4 is 5.32 Å². The SMILES string of the molecule is Cn1cnc(Nc2nc3cc(C(F)(F)F)c(Cl)cc3o2)c1. The van der Waals surface area contributed by atoms with Crippen LogP contribution in [0.15, 0.2) is 29.1 Å². The summed E-state index contributed by atoms with van der Waals surface area (Å²) in [6, 6.07) is 1.99. The van der Waals surface area contributed by atoms with Gasteiger partial charge in [-0.2, -0.15) is 18.2 Å². The maximum absolute atomic E-state index is 12.8. The van der Waals surface area contributed by atoms with E-state index < -0.39 is 16.8 Å². The molecule has 3 aromatic rings. The highest BCUT2D eigenvalue weighted by molar-refractivity contribution is 6.32. The maximum Gasteiger partial charge on any atom is 0.417 e. The fourth-order valence-corrected chi connectivity index (χ4v) is 2.07. The third-order valence-electron chi connectivity index (χ3n) is 2.72. The van der Waals surface area contributed by atoms with Gasteiger partial charge < -0.3 is 8.98 Å². The van der Waals surface area contributed by atoms with E-state index in [0.29, 0.717) is 5.82 Å². The summed E-state index contributed by atoms with van der Waals surface area (Å²) in [5.74, 6) is 0.464. The van der Waals surface area contributed by atoms with Crippen molar-refractivity contribution in [1.82, 2.24) is 14.5 Å². The summed E-state index contributed by atoms with van der Waals surface area (Å²) < 4.78 is 45.3. The highest BCUT2D eigenvalue weighted by atomic mass is 35.5. The Labute approximate surface area is 121 Å². The molecular weight excluding hydrogens is 309 g/mol. The Balaban J connectivity index is 2.00. The second-order valence-corrected chi connectivity index (χ2v) is 4.77. The van der Waals surface area contributed by atoms with Crippen molar-refractivity contribution in [3.05, 3.63) is 35.2 Å². The number of halogens is 4. The number of rotatable bonds is 2. The quantitative estimate of drug-likeness (QED) is 0.777. The van der Waals surface area contributed by atoms with E-state index in [1.165, 1.54) is 0 Å². The average molecular weight is 317 g/mol. The minimum absolute atomic E-state index is 0.0408. The zero-order valence-corrected chi connectivity index (χ0v) is 11.3. The first-order chi connectivity index (χ1) is 9.83. The number of nitrogens with zero attached hydrogens (tertiary/aromatic N) is 3. The first kappa shape index (κ1) is 13.7. The van der Waals surface area contributed by atoms with Gasteiger partial charge in [0.05, 0.1) is 16.9 Å². The van der Waals surface area contributed by atoms with Gasteiger partial charge >= 0.3 is 12.2 Å². The van der Waals surface area contributed by atoms with Crippen LogP contribution in [0.1, 0.15) is 5.56 Å². The van der Waals surface area contributed by atoms with E-state index in [-0.39, 0.29) is 17.1 Å². The van der Waals surface area contributed by atoms with Crippen LogP contribution in [-0.2, 0) is 13.2 Å². The van der Waals surface area contributed by atoms with Gasteiger partial charge in [-0.05, 0) is 6.07 Å². The zero-order valence-electron chi connectivity index (χ0n) is 10.6. The number of oxazole rings is 1. The fraction of sp³-hybridized carbons (Fsp3) is 0.167. The van der Waals surface area contributed by atoms with Gasteiger partial charge in [0.15, 0.2) is 11.4 Å². The van der Waals surface area contributed by atoms with Crippen molar-refractivity contribution in [2.24, 2.45) is 7.05 Å². The van der Waals surface area contributed by atoms with Gasteiger partial charge in [-0.3, -0.25) is 5.32 Å². The van der Waals surface area contributed by atoms with Gasteiger partial charge in [0.1, 0.15) is 5.52 Å². The van der Waals surface area contributed by atoms with Crippen molar-refractivity contribution in [1.29, 1.82) is 0 Å². The van der Waals surface area contributed by atoms with E-state index in [9.17, 15) is 13.2 Å². The molecule has 9 heteroatoms. The molecule has 1 aromatic carbocycles. The summed E-state index contributed by atoms with van der Waals surface area (Å²) in [4.78, 5) is 7.95. The molecule has 0 unspecified atom stereocenters. The summed E-state index contributed by atoms with van der Waals surface area (Å²) in [7, 11) is 1.78. The minimum atomic E-state index is -4.54. The van der Waals surface area contributed by atoms with Crippen LogP contribution in [-0.4, -0.2) is 14.5 Å². The monoisotopic (exact) mass is 316 g/mol. The van der Waals surface area contributed by atoms with Crippen molar-refractivity contribution in [2.45, 2.75) is 6.18 Å². The van der Waals surface area contributed by atoms with Crippen LogP contribution in [0.2, 0.25) is 5.02 Å². The van der Waals surface area contributed by atoms with Crippen molar-refractivity contribution >= 4 is 34.5 Å². The Hall–Kier alpha value is -2.22. The minimum Gasteiger partial charge on any atom is -0.423 e. The Kier molecular flexibility index (Phi) is 3.05. The van der Waals surface area contributed by atoms with Crippen molar-refractivity contribution < 1.29 is 17.6 Å². The summed E-state index contributed by atoms with van der Waals surface area (Å²) in [5, 5.41) is 2.32. The van der Waals surface area contributed by atoms with Crippen LogP contribution in [0.5, 0.6) is 0 Å². The lowest BCUT2D eigenvalue weighted by Gasteiger charge is -2.07. The molecule has 0 aliphatic rings. The Morgan fingerprint density at radius 1 is 1.33 bits per heavy atom. The first-order valence-corrected chi connectivity index (χ1v) is 6.13. The van der Waals surface area contributed by atoms with E-state index in [1.54, 1.807) is 24.1 Å². The third-order valence-corrected chi connectivity index (χ3v) is 3.04. The Morgan fingerprint density at radius 3 is 2.71 bits per heavy atom. The lowest BCUT2D eigenvalue weighted by molar-refractivity contribution is -0.137. The van der Waals surface area contributed by atoms with Gasteiger partial charge in [-0.1, -0.05) is 11.6 Å². The molecule has 2 aromatic heterocycles. The average Bonchev–Trinajstić information content (AvgIpc) is 2.93. The number of nitrogens with one attached hydrogen (secondary N) is 1. The smallest absolute Gasteiger partial charge is 0.417 e. The second kappa shape index (κ2) is 4.66. The maximum atomic E-state index is 12.8. The van der Waals surface area contributed by atoms with Gasteiger partial charge in [-0.25, -0.2) is 4.98 Å². The number of alkyl halides is 3. The number of fused-ring (bicyclic) bond motifs is 1. The summed E-state index contributed by atoms with van der Waals surface area (Å²) in [5.41, 5.74) is -0.731. The molecule has 21 heavy (non-hydrogen) atoms. The summed E-state index contributed by atoms with van der Waals surface area (Å²) >= 11 is 5.62. The predicted octanol–water partition coefficient (Wildman–Crippen LogP) is 3.98. The normalized spacial score (nSPS) is 12.0. The molecule has 0 saturated carbocycles. The molecule has 0 spiro atoms. The standard InChI is InChI=1S/C12H8ClF3N4O/c1-20-4-10(17-5-20)19-11-18-8-2-6(12(14,15)16)7(13)3-9(8)21-11/h2-5H,1H3,(H,18,19). The van der Waals surface area contributed by atoms with Crippen LogP contribution in [0.3, 0.4) is 0 Å². The van der Waals surface area contributed by atoms with Crippen LogP contribution in [0, 0.1) is 0 Å². The van der Waals surface area contributed by atoms with Gasteiger partial charge in [0.25, 0.3) is 0 Å². The summed E-state index contributed by atoms with van der Waals surface area (Å²) in [6.45, 7) is 0. The van der Waals surface area contributed by atoms with Crippen molar-refractivity contribution in [3.63, 3.8) is 0 Å². The molecule has 0 bridgehead atoms. The van der Waals surface area contributed by atoms with Crippen LogP contribution in [0.4, 0.5) is 25.0 Å². The van der Waals surface area contributed by atoms with Gasteiger partial charge in [0, 0.05) is 19.3 Å². The molecule has 110 valence electrons. The van der Waals surface area contributed by atoms with Gasteiger partial charge in [0.2, 0.25) is 0 Å². The Bertz CT molecular complexity index is 809. The van der Waals surface area contributed by atoms with E-state index in [2.05, 4.69) is 15.3 Å². The molecule has 5 nitrogen and oxygen atoms in total. The molecule has 0 aliphatic carbocycles. The summed E-state index contributed by atoms with van der Waals surface area (Å²) in [6.07, 6.45) is -1.31. The van der Waals surface area contributed by atoms with Crippen LogP contribution in [0.25, 0.3) is 11.1 Å². The number of hydrogen-bond acceptors (Lipinski definition) is 4. The molecule has 0 fully saturated rings. The fourth-order valence-electron chi connectivity index (χ4n) is 1.81. The van der Waals surface area contributed by atoms with E-state index in [0.717, 1.165) is 12.1 Å². The van der Waals surface area contributed by atoms with Crippen molar-refractivity contribution in [3.8, 4) is 0 Å². The molecule has 0 aliphatic heterocycles. The topological polar surface area (TPSA) is 55.9 Å². The molecular formula is C12H8ClF3N4O. The lowest BCUT2D eigenvalue weighted by atomic mass is 10.2. The lowest BCUT2D eigenvalue weighted by Crippen LogP contribution is -2.05. The largest absolute Gasteiger partial charge is 0.423 e. The highest BCUT2D eigenvalue weighted by Crippen LogP contribution is 2.37. The van der Waals surface area contributed by atoms with E-state index in [1.807, 2.05) is 0 Å². The van der Waals surface area contributed by atoms with Gasteiger partial charge in [-0.15, -0.1) is 0 Å². The molecule has 0 amide bonds. The molecule has 0 atom stereocenters. The number of aromatic nitrogens is 3. The van der Waals surface area contributed by atoms with Crippen LogP contribution >= 0.6 is 11.6 Å². The number of anilines is 2. The van der Waals surface area contributed by atoms with Crippen molar-refractivity contribution in [2.75, 3.05) is 5.32 Å². The number of hydrogen-bond donors (Lipinski definition) is 1. The molecule has 0 radical (unpaired) electrons. The molecule has 2 heterocycles. The third kappa shape index (κ3) is 2.66. The number of imidazole rings is 1. The van der Waals surface area contributed by atoms with E-state index in [4.69, 9.17) is 16.0 Å². The number of benzene rings is 1. The number of aryl methyl sites for hydroxylation is 1. The first-order valence-electron chi connectivity index (χ1n) is 5.75. The van der Waals surface area contributed by atoms with E-state index >= 15 is 0 Å². The highest BCUT2D eigenvalue weighted by Gasteiger charge is 2.34. The zero-order chi connectivity index (χ0) is 15.2. The molecule has 0 saturated heterocycles. The Morgan fingerprint density at radius 2 is 2.10 bits per heavy atom. The molecule has 1 N–H and O–H groups in total. The predicted molar refractivity (Wildman–Crippen MR) is 70.5 cm³/mol. The second-order valence-electron chi connectivity index (χ2n) is 4.37.